The molecular weight excluding hydrogens is 316 g/mol. The van der Waals surface area contributed by atoms with Gasteiger partial charge in [0.2, 0.25) is 5.91 Å². The van der Waals surface area contributed by atoms with Crippen molar-refractivity contribution in [1.82, 2.24) is 4.90 Å². The van der Waals surface area contributed by atoms with Gasteiger partial charge in [0.1, 0.15) is 0 Å². The molecule has 5 nitrogen and oxygen atoms in total. The van der Waals surface area contributed by atoms with E-state index < -0.39 is 12.0 Å². The average molecular weight is 336 g/mol. The summed E-state index contributed by atoms with van der Waals surface area (Å²) in [5.74, 6) is -1.03. The Morgan fingerprint density at radius 1 is 1.08 bits per heavy atom. The van der Waals surface area contributed by atoms with Crippen molar-refractivity contribution in [1.29, 1.82) is 0 Å². The number of carboxylic acids is 1. The zero-order chi connectivity index (χ0) is 17.8. The van der Waals surface area contributed by atoms with E-state index in [2.05, 4.69) is 0 Å². The van der Waals surface area contributed by atoms with Gasteiger partial charge in [0.15, 0.2) is 0 Å². The molecule has 1 aliphatic rings. The van der Waals surface area contributed by atoms with E-state index in [-0.39, 0.29) is 5.91 Å². The Hall–Kier alpha value is -2.92. The summed E-state index contributed by atoms with van der Waals surface area (Å²) in [7, 11) is 0. The van der Waals surface area contributed by atoms with Gasteiger partial charge in [-0.2, -0.15) is 0 Å². The Kier molecular flexibility index (Phi) is 4.95. The van der Waals surface area contributed by atoms with E-state index in [1.54, 1.807) is 4.90 Å². The zero-order valence-corrected chi connectivity index (χ0v) is 13.8. The van der Waals surface area contributed by atoms with Crippen LogP contribution in [0.25, 0.3) is 6.08 Å². The number of nitrogens with two attached hydrogens (primary N) is 1. The third kappa shape index (κ3) is 4.14. The molecule has 1 amide bonds. The van der Waals surface area contributed by atoms with Crippen LogP contribution in [0.4, 0.5) is 0 Å². The number of hydrogen-bond acceptors (Lipinski definition) is 3. The normalized spacial score (nSPS) is 14.5. The average Bonchev–Trinajstić information content (AvgIpc) is 3.04. The second-order valence-corrected chi connectivity index (χ2v) is 6.19. The van der Waals surface area contributed by atoms with Crippen LogP contribution in [0.1, 0.15) is 22.3 Å². The lowest BCUT2D eigenvalue weighted by molar-refractivity contribution is -0.133. The summed E-state index contributed by atoms with van der Waals surface area (Å²) in [6, 6.07) is 14.8. The largest absolute Gasteiger partial charge is 0.478 e. The van der Waals surface area contributed by atoms with Crippen molar-refractivity contribution in [2.24, 2.45) is 5.73 Å². The van der Waals surface area contributed by atoms with E-state index in [0.29, 0.717) is 19.5 Å². The molecule has 0 spiro atoms. The molecule has 1 atom stereocenters. The lowest BCUT2D eigenvalue weighted by Gasteiger charge is -2.20. The van der Waals surface area contributed by atoms with E-state index in [0.717, 1.165) is 17.2 Å². The van der Waals surface area contributed by atoms with Crippen LogP contribution in [-0.2, 0) is 29.1 Å². The topological polar surface area (TPSA) is 83.6 Å². The van der Waals surface area contributed by atoms with Crippen LogP contribution < -0.4 is 5.73 Å². The van der Waals surface area contributed by atoms with Crippen molar-refractivity contribution < 1.29 is 14.7 Å². The summed E-state index contributed by atoms with van der Waals surface area (Å²) < 4.78 is 0. The molecule has 0 radical (unpaired) electrons. The lowest BCUT2D eigenvalue weighted by atomic mass is 10.0. The first-order valence-electron chi connectivity index (χ1n) is 8.14. The standard InChI is InChI=1S/C20H20N2O3/c21-18(11-15-7-5-14(6-8-15)9-10-19(23)24)20(25)22-12-16-3-1-2-4-17(16)13-22/h1-10,18H,11-13,21H2,(H,23,24). The molecular formula is C20H20N2O3. The highest BCUT2D eigenvalue weighted by molar-refractivity contribution is 5.85. The van der Waals surface area contributed by atoms with Gasteiger partial charge in [0.05, 0.1) is 6.04 Å². The zero-order valence-electron chi connectivity index (χ0n) is 13.8. The molecule has 0 saturated heterocycles. The van der Waals surface area contributed by atoms with Crippen LogP contribution >= 0.6 is 0 Å². The maximum Gasteiger partial charge on any atom is 0.328 e. The Bertz CT molecular complexity index is 787. The first kappa shape index (κ1) is 16.9. The van der Waals surface area contributed by atoms with Gasteiger partial charge in [-0.3, -0.25) is 4.79 Å². The van der Waals surface area contributed by atoms with Crippen molar-refractivity contribution in [3.63, 3.8) is 0 Å². The predicted octanol–water partition coefficient (Wildman–Crippen LogP) is 2.20. The van der Waals surface area contributed by atoms with E-state index in [1.165, 1.54) is 17.2 Å². The smallest absolute Gasteiger partial charge is 0.328 e. The number of carbonyl (C=O) groups is 2. The molecule has 3 N–H and O–H groups in total. The van der Waals surface area contributed by atoms with Gasteiger partial charge in [-0.1, -0.05) is 48.5 Å². The third-order valence-corrected chi connectivity index (χ3v) is 4.32. The lowest BCUT2D eigenvalue weighted by Crippen LogP contribution is -2.42. The molecule has 0 fully saturated rings. The number of rotatable bonds is 5. The quantitative estimate of drug-likeness (QED) is 0.820. The van der Waals surface area contributed by atoms with Gasteiger partial charge in [0.25, 0.3) is 0 Å². The van der Waals surface area contributed by atoms with E-state index in [4.69, 9.17) is 10.8 Å². The minimum absolute atomic E-state index is 0.0500. The molecule has 0 aromatic heterocycles. The Labute approximate surface area is 146 Å². The second-order valence-electron chi connectivity index (χ2n) is 6.19. The number of carbonyl (C=O) groups excluding carboxylic acids is 1. The number of amides is 1. The summed E-state index contributed by atoms with van der Waals surface area (Å²) >= 11 is 0. The maximum absolute atomic E-state index is 12.6. The maximum atomic E-state index is 12.6. The molecule has 0 saturated carbocycles. The second kappa shape index (κ2) is 7.32. The molecule has 1 aliphatic heterocycles. The first-order valence-corrected chi connectivity index (χ1v) is 8.14. The summed E-state index contributed by atoms with van der Waals surface area (Å²) in [6.07, 6.45) is 3.07. The molecule has 3 rings (SSSR count). The Morgan fingerprint density at radius 2 is 1.68 bits per heavy atom. The van der Waals surface area contributed by atoms with Gasteiger partial charge in [0, 0.05) is 19.2 Å². The number of nitrogens with zero attached hydrogens (tertiary/aromatic N) is 1. The summed E-state index contributed by atoms with van der Waals surface area (Å²) in [5, 5.41) is 8.63. The van der Waals surface area contributed by atoms with Crippen LogP contribution in [0.15, 0.2) is 54.6 Å². The highest BCUT2D eigenvalue weighted by atomic mass is 16.4. The minimum Gasteiger partial charge on any atom is -0.478 e. The third-order valence-electron chi connectivity index (χ3n) is 4.32. The highest BCUT2D eigenvalue weighted by Crippen LogP contribution is 2.23. The first-order chi connectivity index (χ1) is 12.0. The molecule has 2 aromatic rings. The Morgan fingerprint density at radius 3 is 2.24 bits per heavy atom. The van der Waals surface area contributed by atoms with Gasteiger partial charge in [-0.15, -0.1) is 0 Å². The number of aliphatic carboxylic acids is 1. The van der Waals surface area contributed by atoms with Crippen molar-refractivity contribution >= 4 is 18.0 Å². The van der Waals surface area contributed by atoms with Crippen molar-refractivity contribution in [2.75, 3.05) is 0 Å². The summed E-state index contributed by atoms with van der Waals surface area (Å²) in [4.78, 5) is 24.9. The van der Waals surface area contributed by atoms with Crippen LogP contribution in [0.5, 0.6) is 0 Å². The number of fused-ring (bicyclic) bond motifs is 1. The van der Waals surface area contributed by atoms with Gasteiger partial charge >= 0.3 is 5.97 Å². The fraction of sp³-hybridized carbons (Fsp3) is 0.200. The van der Waals surface area contributed by atoms with E-state index in [9.17, 15) is 9.59 Å². The van der Waals surface area contributed by atoms with E-state index >= 15 is 0 Å². The van der Waals surface area contributed by atoms with Crippen molar-refractivity contribution in [2.45, 2.75) is 25.6 Å². The van der Waals surface area contributed by atoms with Crippen LogP contribution in [0.2, 0.25) is 0 Å². The minimum atomic E-state index is -0.983. The summed E-state index contributed by atoms with van der Waals surface area (Å²) in [6.45, 7) is 1.23. The van der Waals surface area contributed by atoms with Gasteiger partial charge < -0.3 is 15.7 Å². The van der Waals surface area contributed by atoms with E-state index in [1.807, 2.05) is 48.5 Å². The molecule has 1 heterocycles. The number of hydrogen-bond donors (Lipinski definition) is 2. The fourth-order valence-corrected chi connectivity index (χ4v) is 3.00. The van der Waals surface area contributed by atoms with Gasteiger partial charge in [-0.05, 0) is 34.8 Å². The van der Waals surface area contributed by atoms with Crippen molar-refractivity contribution in [3.05, 3.63) is 76.9 Å². The monoisotopic (exact) mass is 336 g/mol. The Balaban J connectivity index is 1.60. The van der Waals surface area contributed by atoms with Crippen LogP contribution in [0, 0.1) is 0 Å². The summed E-state index contributed by atoms with van der Waals surface area (Å²) in [5.41, 5.74) is 10.2. The molecule has 0 bridgehead atoms. The van der Waals surface area contributed by atoms with Crippen molar-refractivity contribution in [3.8, 4) is 0 Å². The van der Waals surface area contributed by atoms with Crippen LogP contribution in [-0.4, -0.2) is 27.9 Å². The SMILES string of the molecule is NC(Cc1ccc(C=CC(=O)O)cc1)C(=O)N1Cc2ccccc2C1. The number of carboxylic acid groups (broad SMARTS) is 1. The molecule has 1 unspecified atom stereocenters. The molecule has 2 aromatic carbocycles. The van der Waals surface area contributed by atoms with Crippen LogP contribution in [0.3, 0.4) is 0 Å². The fourth-order valence-electron chi connectivity index (χ4n) is 3.00. The highest BCUT2D eigenvalue weighted by Gasteiger charge is 2.26. The van der Waals surface area contributed by atoms with Gasteiger partial charge in [-0.25, -0.2) is 4.79 Å². The molecule has 0 aliphatic carbocycles. The molecule has 25 heavy (non-hydrogen) atoms. The molecule has 5 heteroatoms. The molecule has 128 valence electrons. The predicted molar refractivity (Wildman–Crippen MR) is 95.5 cm³/mol. The number of benzene rings is 2.